The molecule has 0 radical (unpaired) electrons. The van der Waals surface area contributed by atoms with E-state index in [1.165, 1.54) is 6.07 Å². The Hall–Kier alpha value is -1.22. The van der Waals surface area contributed by atoms with Gasteiger partial charge < -0.3 is 5.73 Å². The fourth-order valence-corrected chi connectivity index (χ4v) is 1.76. The predicted molar refractivity (Wildman–Crippen MR) is 67.3 cm³/mol. The van der Waals surface area contributed by atoms with Crippen molar-refractivity contribution in [2.75, 3.05) is 6.54 Å². The molecular formula is C14H20FNO. The monoisotopic (exact) mass is 237 g/mol. The van der Waals surface area contributed by atoms with Crippen LogP contribution in [0.4, 0.5) is 4.39 Å². The summed E-state index contributed by atoms with van der Waals surface area (Å²) in [7, 11) is 0. The molecule has 0 aliphatic rings. The van der Waals surface area contributed by atoms with Crippen molar-refractivity contribution in [1.29, 1.82) is 0 Å². The Labute approximate surface area is 102 Å². The highest BCUT2D eigenvalue weighted by atomic mass is 19.1. The third-order valence-electron chi connectivity index (χ3n) is 2.76. The second-order valence-electron chi connectivity index (χ2n) is 4.26. The Morgan fingerprint density at radius 3 is 2.53 bits per heavy atom. The third-order valence-corrected chi connectivity index (χ3v) is 2.76. The summed E-state index contributed by atoms with van der Waals surface area (Å²) in [6, 6.07) is 6.45. The topological polar surface area (TPSA) is 43.1 Å². The van der Waals surface area contributed by atoms with E-state index in [4.69, 9.17) is 5.73 Å². The molecule has 1 aromatic carbocycles. The van der Waals surface area contributed by atoms with Crippen molar-refractivity contribution >= 4 is 5.78 Å². The number of benzene rings is 1. The molecule has 0 saturated carbocycles. The van der Waals surface area contributed by atoms with E-state index in [-0.39, 0.29) is 18.0 Å². The van der Waals surface area contributed by atoms with Crippen LogP contribution in [-0.2, 0) is 11.2 Å². The first kappa shape index (κ1) is 13.8. The molecule has 17 heavy (non-hydrogen) atoms. The van der Waals surface area contributed by atoms with Gasteiger partial charge in [0.05, 0.1) is 0 Å². The predicted octanol–water partition coefficient (Wildman–Crippen LogP) is 2.85. The number of hydrogen-bond donors (Lipinski definition) is 1. The fraction of sp³-hybridized carbons (Fsp3) is 0.500. The van der Waals surface area contributed by atoms with Crippen LogP contribution >= 0.6 is 0 Å². The van der Waals surface area contributed by atoms with Gasteiger partial charge in [-0.15, -0.1) is 0 Å². The van der Waals surface area contributed by atoms with Crippen LogP contribution in [0.5, 0.6) is 0 Å². The summed E-state index contributed by atoms with van der Waals surface area (Å²) in [4.78, 5) is 11.6. The molecule has 1 aromatic rings. The second kappa shape index (κ2) is 7.96. The number of ketones is 1. The zero-order valence-electron chi connectivity index (χ0n) is 10.1. The molecule has 0 amide bonds. The summed E-state index contributed by atoms with van der Waals surface area (Å²) in [5.74, 6) is -0.174. The number of carbonyl (C=O) groups excluding carboxylic acids is 1. The van der Waals surface area contributed by atoms with Gasteiger partial charge in [-0.05, 0) is 31.0 Å². The average Bonchev–Trinajstić information content (AvgIpc) is 2.32. The molecule has 1 rings (SSSR count). The number of carbonyl (C=O) groups is 1. The summed E-state index contributed by atoms with van der Waals surface area (Å²) < 4.78 is 13.3. The lowest BCUT2D eigenvalue weighted by atomic mass is 10.0. The molecule has 94 valence electrons. The van der Waals surface area contributed by atoms with E-state index in [0.29, 0.717) is 18.5 Å². The highest BCUT2D eigenvalue weighted by Crippen LogP contribution is 2.10. The van der Waals surface area contributed by atoms with Gasteiger partial charge in [0.25, 0.3) is 0 Å². The van der Waals surface area contributed by atoms with Crippen LogP contribution in [0.25, 0.3) is 0 Å². The van der Waals surface area contributed by atoms with Gasteiger partial charge >= 0.3 is 0 Å². The largest absolute Gasteiger partial charge is 0.330 e. The maximum atomic E-state index is 13.3. The van der Waals surface area contributed by atoms with E-state index in [9.17, 15) is 9.18 Å². The van der Waals surface area contributed by atoms with Crippen LogP contribution in [0.2, 0.25) is 0 Å². The third kappa shape index (κ3) is 5.59. The van der Waals surface area contributed by atoms with Gasteiger partial charge in [0.15, 0.2) is 0 Å². The van der Waals surface area contributed by atoms with Crippen molar-refractivity contribution < 1.29 is 9.18 Å². The molecule has 0 saturated heterocycles. The number of rotatable bonds is 8. The van der Waals surface area contributed by atoms with Crippen LogP contribution in [-0.4, -0.2) is 12.3 Å². The number of nitrogens with two attached hydrogens (primary N) is 1. The average molecular weight is 237 g/mol. The Balaban J connectivity index is 2.23. The van der Waals surface area contributed by atoms with Gasteiger partial charge in [-0.1, -0.05) is 31.0 Å². The van der Waals surface area contributed by atoms with Crippen molar-refractivity contribution in [1.82, 2.24) is 0 Å². The molecule has 0 unspecified atom stereocenters. The van der Waals surface area contributed by atoms with Gasteiger partial charge in [-0.25, -0.2) is 4.39 Å². The first-order chi connectivity index (χ1) is 8.24. The number of Topliss-reactive ketones (excluding diaryl/α,β-unsaturated/α-hetero) is 1. The first-order valence-electron chi connectivity index (χ1n) is 6.19. The molecular weight excluding hydrogens is 217 g/mol. The smallest absolute Gasteiger partial charge is 0.137 e. The van der Waals surface area contributed by atoms with Crippen molar-refractivity contribution in [3.8, 4) is 0 Å². The highest BCUT2D eigenvalue weighted by molar-refractivity contribution is 5.80. The molecule has 2 N–H and O–H groups in total. The van der Waals surface area contributed by atoms with E-state index in [1.54, 1.807) is 18.2 Å². The zero-order valence-corrected chi connectivity index (χ0v) is 10.1. The molecule has 0 spiro atoms. The van der Waals surface area contributed by atoms with E-state index in [0.717, 1.165) is 25.7 Å². The lowest BCUT2D eigenvalue weighted by molar-refractivity contribution is -0.118. The molecule has 0 bridgehead atoms. The minimum Gasteiger partial charge on any atom is -0.330 e. The van der Waals surface area contributed by atoms with Gasteiger partial charge in [0.1, 0.15) is 11.6 Å². The van der Waals surface area contributed by atoms with Crippen LogP contribution in [0.15, 0.2) is 24.3 Å². The maximum Gasteiger partial charge on any atom is 0.137 e. The lowest BCUT2D eigenvalue weighted by Gasteiger charge is -2.03. The van der Waals surface area contributed by atoms with Crippen molar-refractivity contribution in [2.24, 2.45) is 5.73 Å². The van der Waals surface area contributed by atoms with Crippen molar-refractivity contribution in [3.05, 3.63) is 35.6 Å². The maximum absolute atomic E-state index is 13.3. The standard InChI is InChI=1S/C14H20FNO/c15-14-9-5-4-7-12(14)11-13(17)8-3-1-2-6-10-16/h4-5,7,9H,1-3,6,8,10-11,16H2. The number of hydrogen-bond acceptors (Lipinski definition) is 2. The van der Waals surface area contributed by atoms with Gasteiger partial charge in [0.2, 0.25) is 0 Å². The van der Waals surface area contributed by atoms with E-state index in [2.05, 4.69) is 0 Å². The molecule has 2 nitrogen and oxygen atoms in total. The van der Waals surface area contributed by atoms with E-state index >= 15 is 0 Å². The Morgan fingerprint density at radius 2 is 1.82 bits per heavy atom. The summed E-state index contributed by atoms with van der Waals surface area (Å²) >= 11 is 0. The molecule has 0 aliphatic carbocycles. The number of unbranched alkanes of at least 4 members (excludes halogenated alkanes) is 3. The molecule has 0 aliphatic heterocycles. The van der Waals surface area contributed by atoms with E-state index in [1.807, 2.05) is 0 Å². The zero-order chi connectivity index (χ0) is 12.5. The minimum atomic E-state index is -0.288. The van der Waals surface area contributed by atoms with E-state index < -0.39 is 0 Å². The number of halogens is 1. The quantitative estimate of drug-likeness (QED) is 0.706. The first-order valence-corrected chi connectivity index (χ1v) is 6.19. The molecule has 0 heterocycles. The fourth-order valence-electron chi connectivity index (χ4n) is 1.76. The summed E-state index contributed by atoms with van der Waals surface area (Å²) in [6.45, 7) is 0.711. The molecule has 3 heteroatoms. The normalized spacial score (nSPS) is 10.5. The van der Waals surface area contributed by atoms with Gasteiger partial charge in [-0.3, -0.25) is 4.79 Å². The van der Waals surface area contributed by atoms with Crippen LogP contribution in [0.3, 0.4) is 0 Å². The lowest BCUT2D eigenvalue weighted by Crippen LogP contribution is -2.04. The van der Waals surface area contributed by atoms with Crippen molar-refractivity contribution in [2.45, 2.75) is 38.5 Å². The molecule has 0 aromatic heterocycles. The SMILES string of the molecule is NCCCCCCC(=O)Cc1ccccc1F. The second-order valence-corrected chi connectivity index (χ2v) is 4.26. The summed E-state index contributed by atoms with van der Waals surface area (Å²) in [5.41, 5.74) is 5.88. The van der Waals surface area contributed by atoms with Crippen LogP contribution in [0, 0.1) is 5.82 Å². The van der Waals surface area contributed by atoms with Gasteiger partial charge in [0, 0.05) is 12.8 Å². The minimum absolute atomic E-state index is 0.114. The summed E-state index contributed by atoms with van der Waals surface area (Å²) in [5, 5.41) is 0. The molecule has 0 fully saturated rings. The summed E-state index contributed by atoms with van der Waals surface area (Å²) in [6.07, 6.45) is 4.75. The Kier molecular flexibility index (Phi) is 6.48. The Morgan fingerprint density at radius 1 is 1.12 bits per heavy atom. The molecule has 0 atom stereocenters. The Bertz CT molecular complexity index is 352. The van der Waals surface area contributed by atoms with Crippen LogP contribution < -0.4 is 5.73 Å². The van der Waals surface area contributed by atoms with Crippen LogP contribution in [0.1, 0.15) is 37.7 Å². The van der Waals surface area contributed by atoms with Crippen molar-refractivity contribution in [3.63, 3.8) is 0 Å². The highest BCUT2D eigenvalue weighted by Gasteiger charge is 2.07. The van der Waals surface area contributed by atoms with Gasteiger partial charge in [-0.2, -0.15) is 0 Å².